The fourth-order valence-electron chi connectivity index (χ4n) is 4.00. The lowest BCUT2D eigenvalue weighted by atomic mass is 9.95. The molecule has 7 heteroatoms. The summed E-state index contributed by atoms with van der Waals surface area (Å²) in [6.45, 7) is 10.0. The van der Waals surface area contributed by atoms with Gasteiger partial charge in [-0.05, 0) is 61.6 Å². The van der Waals surface area contributed by atoms with Crippen LogP contribution in [0, 0.1) is 0 Å². The van der Waals surface area contributed by atoms with Gasteiger partial charge in [0.15, 0.2) is 5.76 Å². The van der Waals surface area contributed by atoms with E-state index in [1.54, 1.807) is 17.0 Å². The highest BCUT2D eigenvalue weighted by Gasteiger charge is 2.43. The Morgan fingerprint density at radius 1 is 1.19 bits per heavy atom. The monoisotopic (exact) mass is 456 g/mol. The first-order valence-corrected chi connectivity index (χ1v) is 12.2. The third-order valence-electron chi connectivity index (χ3n) is 5.71. The number of carbonyl (C=O) groups excluding carboxylic acids is 2. The Kier molecular flexibility index (Phi) is 8.47. The highest BCUT2D eigenvalue weighted by Crippen LogP contribution is 2.40. The number of Topliss-reactive ketones (excluding diaryl/α,β-unsaturated/α-hetero) is 1. The van der Waals surface area contributed by atoms with Gasteiger partial charge in [-0.25, -0.2) is 0 Å². The molecule has 1 unspecified atom stereocenters. The molecule has 0 radical (unpaired) electrons. The molecule has 1 aromatic carbocycles. The summed E-state index contributed by atoms with van der Waals surface area (Å²) < 4.78 is 5.78. The van der Waals surface area contributed by atoms with Gasteiger partial charge in [0, 0.05) is 6.54 Å². The Bertz CT molecular complexity index is 951. The Balaban J connectivity index is 1.94. The second kappa shape index (κ2) is 11.3. The number of hydrogen-bond acceptors (Lipinski definition) is 6. The van der Waals surface area contributed by atoms with E-state index in [0.717, 1.165) is 38.0 Å². The van der Waals surface area contributed by atoms with Crippen LogP contribution in [-0.4, -0.2) is 59.4 Å². The number of aliphatic hydroxyl groups excluding tert-OH is 1. The molecule has 1 aromatic heterocycles. The van der Waals surface area contributed by atoms with Crippen LogP contribution in [0.15, 0.2) is 53.1 Å². The van der Waals surface area contributed by atoms with Crippen molar-refractivity contribution in [1.29, 1.82) is 0 Å². The van der Waals surface area contributed by atoms with Crippen LogP contribution in [0.1, 0.15) is 54.9 Å². The average molecular weight is 457 g/mol. The third-order valence-corrected chi connectivity index (χ3v) is 6.58. The Labute approximate surface area is 194 Å². The van der Waals surface area contributed by atoms with Crippen molar-refractivity contribution in [2.75, 3.05) is 32.8 Å². The summed E-state index contributed by atoms with van der Waals surface area (Å²) in [5, 5.41) is 12.6. The maximum absolute atomic E-state index is 13.3. The van der Waals surface area contributed by atoms with Gasteiger partial charge in [-0.15, -0.1) is 11.3 Å². The number of ether oxygens (including phenoxy) is 1. The molecule has 1 amide bonds. The number of aliphatic hydroxyl groups is 1. The number of rotatable bonds is 12. The average Bonchev–Trinajstić information content (AvgIpc) is 3.43. The lowest BCUT2D eigenvalue weighted by molar-refractivity contribution is -0.129. The van der Waals surface area contributed by atoms with Crippen molar-refractivity contribution in [2.24, 2.45) is 0 Å². The smallest absolute Gasteiger partial charge is 0.290 e. The largest absolute Gasteiger partial charge is 0.503 e. The van der Waals surface area contributed by atoms with E-state index in [9.17, 15) is 14.7 Å². The fourth-order valence-corrected chi connectivity index (χ4v) is 4.68. The number of thiophene rings is 1. The first-order valence-electron chi connectivity index (χ1n) is 11.3. The molecule has 0 spiro atoms. The SMILES string of the molecule is CCCOc1cccc(C2C(C(=O)c3cccs3)=C(O)C(=O)N2CCCN(CC)CC)c1. The van der Waals surface area contributed by atoms with E-state index in [-0.39, 0.29) is 11.4 Å². The van der Waals surface area contributed by atoms with E-state index in [4.69, 9.17) is 4.74 Å². The van der Waals surface area contributed by atoms with Gasteiger partial charge in [-0.3, -0.25) is 9.59 Å². The molecule has 0 bridgehead atoms. The van der Waals surface area contributed by atoms with Crippen molar-refractivity contribution in [1.82, 2.24) is 9.80 Å². The molecule has 0 aliphatic carbocycles. The molecule has 2 heterocycles. The summed E-state index contributed by atoms with van der Waals surface area (Å²) in [6, 6.07) is 10.4. The van der Waals surface area contributed by atoms with Crippen molar-refractivity contribution in [3.63, 3.8) is 0 Å². The van der Waals surface area contributed by atoms with Gasteiger partial charge in [0.2, 0.25) is 5.78 Å². The van der Waals surface area contributed by atoms with Gasteiger partial charge >= 0.3 is 0 Å². The molecule has 2 aromatic rings. The van der Waals surface area contributed by atoms with Crippen LogP contribution in [0.2, 0.25) is 0 Å². The Hall–Kier alpha value is -2.64. The molecule has 0 saturated carbocycles. The normalized spacial score (nSPS) is 16.3. The predicted octanol–water partition coefficient (Wildman–Crippen LogP) is 4.85. The van der Waals surface area contributed by atoms with Crippen molar-refractivity contribution < 1.29 is 19.4 Å². The highest BCUT2D eigenvalue weighted by atomic mass is 32.1. The first-order chi connectivity index (χ1) is 15.5. The van der Waals surface area contributed by atoms with E-state index in [2.05, 4.69) is 18.7 Å². The van der Waals surface area contributed by atoms with Crippen LogP contribution in [0.25, 0.3) is 0 Å². The molecular formula is C25H32N2O4S. The van der Waals surface area contributed by atoms with Gasteiger partial charge in [-0.2, -0.15) is 0 Å². The van der Waals surface area contributed by atoms with Crippen LogP contribution in [-0.2, 0) is 4.79 Å². The van der Waals surface area contributed by atoms with Crippen LogP contribution in [0.3, 0.4) is 0 Å². The summed E-state index contributed by atoms with van der Waals surface area (Å²) in [7, 11) is 0. The molecule has 1 atom stereocenters. The molecule has 6 nitrogen and oxygen atoms in total. The molecule has 1 N–H and O–H groups in total. The zero-order chi connectivity index (χ0) is 23.1. The van der Waals surface area contributed by atoms with E-state index < -0.39 is 17.7 Å². The fraction of sp³-hybridized carbons (Fsp3) is 0.440. The molecule has 0 saturated heterocycles. The van der Waals surface area contributed by atoms with E-state index in [1.165, 1.54) is 11.3 Å². The van der Waals surface area contributed by atoms with E-state index in [0.29, 0.717) is 23.8 Å². The zero-order valence-corrected chi connectivity index (χ0v) is 19.9. The lowest BCUT2D eigenvalue weighted by Crippen LogP contribution is -2.34. The van der Waals surface area contributed by atoms with Crippen molar-refractivity contribution in [3.05, 3.63) is 63.6 Å². The molecule has 32 heavy (non-hydrogen) atoms. The topological polar surface area (TPSA) is 70.1 Å². The molecule has 3 rings (SSSR count). The second-order valence-electron chi connectivity index (χ2n) is 7.77. The maximum Gasteiger partial charge on any atom is 0.290 e. The molecule has 1 aliphatic rings. The Morgan fingerprint density at radius 3 is 2.62 bits per heavy atom. The standard InChI is InChI=1S/C25H32N2O4S/c1-4-15-31-19-11-7-10-18(17-19)22-21(23(28)20-12-8-16-32-20)24(29)25(30)27(22)14-9-13-26(5-2)6-3/h7-8,10-12,16-17,22,29H,4-6,9,13-15H2,1-3H3. The maximum atomic E-state index is 13.3. The van der Waals surface area contributed by atoms with Gasteiger partial charge in [0.25, 0.3) is 5.91 Å². The summed E-state index contributed by atoms with van der Waals surface area (Å²) in [5.41, 5.74) is 0.909. The zero-order valence-electron chi connectivity index (χ0n) is 19.0. The summed E-state index contributed by atoms with van der Waals surface area (Å²) >= 11 is 1.31. The van der Waals surface area contributed by atoms with Crippen LogP contribution >= 0.6 is 11.3 Å². The number of carbonyl (C=O) groups is 2. The number of hydrogen-bond donors (Lipinski definition) is 1. The quantitative estimate of drug-likeness (QED) is 0.463. The molecule has 172 valence electrons. The number of amides is 1. The van der Waals surface area contributed by atoms with E-state index in [1.807, 2.05) is 36.6 Å². The second-order valence-corrected chi connectivity index (χ2v) is 8.72. The van der Waals surface area contributed by atoms with Crippen molar-refractivity contribution >= 4 is 23.0 Å². The minimum absolute atomic E-state index is 0.146. The first kappa shape index (κ1) is 24.0. The molecule has 0 fully saturated rings. The number of ketones is 1. The minimum Gasteiger partial charge on any atom is -0.503 e. The number of nitrogens with zero attached hydrogens (tertiary/aromatic N) is 2. The summed E-state index contributed by atoms with van der Waals surface area (Å²) in [5.74, 6) is -0.554. The molecular weight excluding hydrogens is 424 g/mol. The van der Waals surface area contributed by atoms with Gasteiger partial charge < -0.3 is 19.6 Å². The van der Waals surface area contributed by atoms with Crippen LogP contribution in [0.4, 0.5) is 0 Å². The predicted molar refractivity (Wildman–Crippen MR) is 127 cm³/mol. The van der Waals surface area contributed by atoms with Gasteiger partial charge in [0.05, 0.1) is 23.1 Å². The third kappa shape index (κ3) is 5.22. The Morgan fingerprint density at radius 2 is 1.97 bits per heavy atom. The summed E-state index contributed by atoms with van der Waals surface area (Å²) in [6.07, 6.45) is 1.64. The summed E-state index contributed by atoms with van der Waals surface area (Å²) in [4.78, 5) is 30.8. The number of benzene rings is 1. The van der Waals surface area contributed by atoms with Crippen LogP contribution in [0.5, 0.6) is 5.75 Å². The lowest BCUT2D eigenvalue weighted by Gasteiger charge is -2.28. The van der Waals surface area contributed by atoms with Crippen molar-refractivity contribution in [3.8, 4) is 5.75 Å². The van der Waals surface area contributed by atoms with E-state index >= 15 is 0 Å². The van der Waals surface area contributed by atoms with Gasteiger partial charge in [0.1, 0.15) is 5.75 Å². The van der Waals surface area contributed by atoms with Crippen molar-refractivity contribution in [2.45, 2.75) is 39.7 Å². The molecule has 1 aliphatic heterocycles. The van der Waals surface area contributed by atoms with Gasteiger partial charge in [-0.1, -0.05) is 39.0 Å². The highest BCUT2D eigenvalue weighted by molar-refractivity contribution is 7.12. The minimum atomic E-state index is -0.640. The van der Waals surface area contributed by atoms with Crippen LogP contribution < -0.4 is 4.74 Å².